The number of aliphatic hydroxyl groups is 1. The van der Waals surface area contributed by atoms with Crippen LogP contribution in [0, 0.1) is 5.41 Å². The van der Waals surface area contributed by atoms with E-state index in [1.54, 1.807) is 7.11 Å². The first-order chi connectivity index (χ1) is 7.25. The molecule has 1 aliphatic carbocycles. The van der Waals surface area contributed by atoms with Gasteiger partial charge in [-0.05, 0) is 12.5 Å². The number of hydrogen-bond donors (Lipinski definition) is 2. The molecule has 4 heteroatoms. The normalized spacial score (nSPS) is 28.9. The van der Waals surface area contributed by atoms with Gasteiger partial charge in [-0.15, -0.1) is 0 Å². The van der Waals surface area contributed by atoms with Crippen molar-refractivity contribution in [2.24, 2.45) is 11.1 Å². The Bertz CT molecular complexity index is 350. The number of hydrogen-bond acceptors (Lipinski definition) is 4. The minimum Gasteiger partial charge on any atom is -0.481 e. The van der Waals surface area contributed by atoms with Crippen molar-refractivity contribution in [1.82, 2.24) is 4.98 Å². The third-order valence-corrected chi connectivity index (χ3v) is 3.22. The molecule has 0 aromatic carbocycles. The number of rotatable bonds is 4. The largest absolute Gasteiger partial charge is 0.481 e. The van der Waals surface area contributed by atoms with Gasteiger partial charge in [-0.1, -0.05) is 6.07 Å². The average molecular weight is 208 g/mol. The van der Waals surface area contributed by atoms with Gasteiger partial charge in [0.1, 0.15) is 0 Å². The highest BCUT2D eigenvalue weighted by molar-refractivity contribution is 5.27. The SMILES string of the molecule is COc1cccc(C2CC2(CN)CO)n1. The first kappa shape index (κ1) is 10.4. The Hall–Kier alpha value is -1.13. The van der Waals surface area contributed by atoms with Crippen molar-refractivity contribution >= 4 is 0 Å². The fourth-order valence-corrected chi connectivity index (χ4v) is 1.97. The molecule has 1 heterocycles. The summed E-state index contributed by atoms with van der Waals surface area (Å²) in [4.78, 5) is 4.36. The van der Waals surface area contributed by atoms with Gasteiger partial charge >= 0.3 is 0 Å². The van der Waals surface area contributed by atoms with E-state index < -0.39 is 0 Å². The summed E-state index contributed by atoms with van der Waals surface area (Å²) in [5.41, 5.74) is 6.49. The maximum Gasteiger partial charge on any atom is 0.213 e. The standard InChI is InChI=1S/C11H16N2O2/c1-15-10-4-2-3-9(13-10)8-5-11(8,6-12)7-14/h2-4,8,14H,5-7,12H2,1H3. The number of aliphatic hydroxyl groups excluding tert-OH is 1. The van der Waals surface area contributed by atoms with E-state index in [2.05, 4.69) is 4.98 Å². The van der Waals surface area contributed by atoms with Gasteiger partial charge in [0.15, 0.2) is 0 Å². The molecule has 1 aliphatic rings. The van der Waals surface area contributed by atoms with Crippen LogP contribution in [0.2, 0.25) is 0 Å². The first-order valence-electron chi connectivity index (χ1n) is 5.07. The van der Waals surface area contributed by atoms with Crippen molar-refractivity contribution in [1.29, 1.82) is 0 Å². The zero-order valence-electron chi connectivity index (χ0n) is 8.81. The second-order valence-electron chi connectivity index (χ2n) is 4.09. The summed E-state index contributed by atoms with van der Waals surface area (Å²) in [7, 11) is 1.60. The molecule has 0 amide bonds. The van der Waals surface area contributed by atoms with E-state index in [1.807, 2.05) is 18.2 Å². The van der Waals surface area contributed by atoms with Crippen LogP contribution in [0.1, 0.15) is 18.0 Å². The average Bonchev–Trinajstić information content (AvgIpc) is 3.04. The summed E-state index contributed by atoms with van der Waals surface area (Å²) in [6.45, 7) is 0.639. The Balaban J connectivity index is 2.18. The monoisotopic (exact) mass is 208 g/mol. The van der Waals surface area contributed by atoms with Crippen LogP contribution in [0.4, 0.5) is 0 Å². The number of methoxy groups -OCH3 is 1. The molecule has 0 bridgehead atoms. The Morgan fingerprint density at radius 3 is 3.00 bits per heavy atom. The van der Waals surface area contributed by atoms with Gasteiger partial charge in [0.05, 0.1) is 13.7 Å². The molecule has 2 rings (SSSR count). The van der Waals surface area contributed by atoms with E-state index in [0.29, 0.717) is 12.4 Å². The lowest BCUT2D eigenvalue weighted by molar-refractivity contribution is 0.211. The van der Waals surface area contributed by atoms with Crippen molar-refractivity contribution in [2.75, 3.05) is 20.3 Å². The lowest BCUT2D eigenvalue weighted by Crippen LogP contribution is -2.21. The molecule has 0 saturated heterocycles. The summed E-state index contributed by atoms with van der Waals surface area (Å²) in [5.74, 6) is 0.894. The summed E-state index contributed by atoms with van der Waals surface area (Å²) in [6, 6.07) is 5.69. The van der Waals surface area contributed by atoms with Crippen LogP contribution in [0.25, 0.3) is 0 Å². The summed E-state index contributed by atoms with van der Waals surface area (Å²) >= 11 is 0. The van der Waals surface area contributed by atoms with Crippen LogP contribution in [-0.4, -0.2) is 30.4 Å². The van der Waals surface area contributed by atoms with Crippen LogP contribution in [-0.2, 0) is 0 Å². The second-order valence-corrected chi connectivity index (χ2v) is 4.09. The van der Waals surface area contributed by atoms with Crippen LogP contribution in [0.5, 0.6) is 5.88 Å². The molecule has 1 aromatic rings. The fourth-order valence-electron chi connectivity index (χ4n) is 1.97. The topological polar surface area (TPSA) is 68.4 Å². The van der Waals surface area contributed by atoms with Crippen LogP contribution in [0.15, 0.2) is 18.2 Å². The maximum atomic E-state index is 9.28. The lowest BCUT2D eigenvalue weighted by atomic mass is 10.0. The van der Waals surface area contributed by atoms with Crippen molar-refractivity contribution in [3.63, 3.8) is 0 Å². The number of aromatic nitrogens is 1. The second kappa shape index (κ2) is 3.79. The third-order valence-electron chi connectivity index (χ3n) is 3.22. The highest BCUT2D eigenvalue weighted by Gasteiger charge is 2.54. The Morgan fingerprint density at radius 2 is 2.47 bits per heavy atom. The molecule has 0 radical (unpaired) electrons. The molecule has 1 aromatic heterocycles. The molecule has 82 valence electrons. The Labute approximate surface area is 89.1 Å². The Morgan fingerprint density at radius 1 is 1.67 bits per heavy atom. The van der Waals surface area contributed by atoms with Crippen molar-refractivity contribution < 1.29 is 9.84 Å². The zero-order chi connectivity index (χ0) is 10.9. The van der Waals surface area contributed by atoms with Crippen molar-refractivity contribution in [2.45, 2.75) is 12.3 Å². The van der Waals surface area contributed by atoms with Gasteiger partial charge < -0.3 is 15.6 Å². The minimum atomic E-state index is -0.140. The number of pyridine rings is 1. The molecule has 2 unspecified atom stereocenters. The molecule has 2 atom stereocenters. The van der Waals surface area contributed by atoms with Crippen LogP contribution < -0.4 is 10.5 Å². The van der Waals surface area contributed by atoms with E-state index >= 15 is 0 Å². The van der Waals surface area contributed by atoms with E-state index in [9.17, 15) is 5.11 Å². The van der Waals surface area contributed by atoms with Crippen molar-refractivity contribution in [3.05, 3.63) is 23.9 Å². The third kappa shape index (κ3) is 1.70. The fraction of sp³-hybridized carbons (Fsp3) is 0.545. The summed E-state index contributed by atoms with van der Waals surface area (Å²) in [5, 5.41) is 9.28. The predicted molar refractivity (Wildman–Crippen MR) is 56.7 cm³/mol. The van der Waals surface area contributed by atoms with Gasteiger partial charge in [0, 0.05) is 29.6 Å². The molecule has 0 aliphatic heterocycles. The molecule has 1 saturated carbocycles. The van der Waals surface area contributed by atoms with Gasteiger partial charge in [-0.3, -0.25) is 0 Å². The smallest absolute Gasteiger partial charge is 0.213 e. The predicted octanol–water partition coefficient (Wildman–Crippen LogP) is 0.515. The van der Waals surface area contributed by atoms with Gasteiger partial charge in [0.2, 0.25) is 5.88 Å². The molecule has 4 nitrogen and oxygen atoms in total. The van der Waals surface area contributed by atoms with Gasteiger partial charge in [0.25, 0.3) is 0 Å². The summed E-state index contributed by atoms with van der Waals surface area (Å²) < 4.78 is 5.06. The van der Waals surface area contributed by atoms with Crippen LogP contribution in [0.3, 0.4) is 0 Å². The minimum absolute atomic E-state index is 0.132. The molecule has 1 fully saturated rings. The molecule has 15 heavy (non-hydrogen) atoms. The quantitative estimate of drug-likeness (QED) is 0.756. The first-order valence-corrected chi connectivity index (χ1v) is 5.07. The molecular weight excluding hydrogens is 192 g/mol. The van der Waals surface area contributed by atoms with Gasteiger partial charge in [-0.2, -0.15) is 0 Å². The van der Waals surface area contributed by atoms with E-state index in [4.69, 9.17) is 10.5 Å². The number of ether oxygens (including phenoxy) is 1. The maximum absolute atomic E-state index is 9.28. The summed E-state index contributed by atoms with van der Waals surface area (Å²) in [6.07, 6.45) is 0.917. The highest BCUT2D eigenvalue weighted by atomic mass is 16.5. The lowest BCUT2D eigenvalue weighted by Gasteiger charge is -2.10. The van der Waals surface area contributed by atoms with Crippen molar-refractivity contribution in [3.8, 4) is 5.88 Å². The highest BCUT2D eigenvalue weighted by Crippen LogP contribution is 2.57. The van der Waals surface area contributed by atoms with E-state index in [1.165, 1.54) is 0 Å². The van der Waals surface area contributed by atoms with Gasteiger partial charge in [-0.25, -0.2) is 4.98 Å². The molecule has 0 spiro atoms. The molecular formula is C11H16N2O2. The molecule has 3 N–H and O–H groups in total. The number of nitrogens with two attached hydrogens (primary N) is 1. The zero-order valence-corrected chi connectivity index (χ0v) is 8.81. The van der Waals surface area contributed by atoms with E-state index in [0.717, 1.165) is 12.1 Å². The Kier molecular flexibility index (Phi) is 2.63. The number of nitrogens with zero attached hydrogens (tertiary/aromatic N) is 1. The van der Waals surface area contributed by atoms with Crippen LogP contribution >= 0.6 is 0 Å². The van der Waals surface area contributed by atoms with E-state index in [-0.39, 0.29) is 17.9 Å².